The average Bonchev–Trinajstić information content (AvgIpc) is 3.09. The molecule has 1 spiro atoms. The molecule has 0 saturated carbocycles. The molecule has 132 valence electrons. The van der Waals surface area contributed by atoms with Gasteiger partial charge in [0.05, 0.1) is 22.9 Å². The summed E-state index contributed by atoms with van der Waals surface area (Å²) in [5.41, 5.74) is 2.80. The number of likely N-dealkylation sites (tertiary alicyclic amines) is 1. The number of benzene rings is 1. The van der Waals surface area contributed by atoms with Gasteiger partial charge in [0.15, 0.2) is 0 Å². The van der Waals surface area contributed by atoms with Gasteiger partial charge in [0, 0.05) is 24.4 Å². The predicted octanol–water partition coefficient (Wildman–Crippen LogP) is 4.81. The van der Waals surface area contributed by atoms with Crippen LogP contribution in [-0.2, 0) is 16.8 Å². The summed E-state index contributed by atoms with van der Waals surface area (Å²) < 4.78 is 6.20. The van der Waals surface area contributed by atoms with Gasteiger partial charge in [-0.2, -0.15) is 0 Å². The van der Waals surface area contributed by atoms with Gasteiger partial charge in [0.1, 0.15) is 0 Å². The molecule has 1 aromatic carbocycles. The van der Waals surface area contributed by atoms with Crippen molar-refractivity contribution in [2.75, 3.05) is 25.0 Å². The molecule has 0 unspecified atom stereocenters. The number of anilines is 1. The molecule has 3 heterocycles. The molecule has 1 N–H and O–H groups in total. The van der Waals surface area contributed by atoms with Crippen molar-refractivity contribution in [3.63, 3.8) is 0 Å². The van der Waals surface area contributed by atoms with Gasteiger partial charge in [-0.05, 0) is 48.4 Å². The molecule has 4 nitrogen and oxygen atoms in total. The second-order valence-corrected chi connectivity index (χ2v) is 8.11. The molecular formula is C19H21ClN2O2S. The number of aryl methyl sites for hydroxylation is 1. The summed E-state index contributed by atoms with van der Waals surface area (Å²) in [7, 11) is 0. The van der Waals surface area contributed by atoms with Gasteiger partial charge in [-0.25, -0.2) is 4.79 Å². The summed E-state index contributed by atoms with van der Waals surface area (Å²) in [5.74, 6) is 0. The van der Waals surface area contributed by atoms with E-state index in [2.05, 4.69) is 16.8 Å². The molecule has 2 amide bonds. The Morgan fingerprint density at radius 2 is 2.12 bits per heavy atom. The molecule has 0 aliphatic carbocycles. The molecule has 1 aromatic heterocycles. The van der Waals surface area contributed by atoms with Crippen LogP contribution < -0.4 is 5.32 Å². The van der Waals surface area contributed by atoms with E-state index in [1.165, 1.54) is 10.4 Å². The van der Waals surface area contributed by atoms with Crippen molar-refractivity contribution in [3.05, 3.63) is 50.7 Å². The third-order valence-electron chi connectivity index (χ3n) is 5.26. The van der Waals surface area contributed by atoms with Crippen molar-refractivity contribution in [3.8, 4) is 0 Å². The normalized spacial score (nSPS) is 18.9. The molecule has 2 aliphatic rings. The quantitative estimate of drug-likeness (QED) is 0.776. The van der Waals surface area contributed by atoms with E-state index in [-0.39, 0.29) is 11.6 Å². The Morgan fingerprint density at radius 3 is 2.88 bits per heavy atom. The van der Waals surface area contributed by atoms with Crippen LogP contribution in [0.25, 0.3) is 0 Å². The van der Waals surface area contributed by atoms with E-state index in [0.717, 1.165) is 31.4 Å². The number of carbonyl (C=O) groups excluding carboxylic acids is 1. The Morgan fingerprint density at radius 1 is 1.32 bits per heavy atom. The summed E-state index contributed by atoms with van der Waals surface area (Å²) in [4.78, 5) is 16.0. The number of para-hydroxylation sites is 1. The third-order valence-corrected chi connectivity index (χ3v) is 6.55. The number of ether oxygens (including phenoxy) is 1. The molecule has 0 radical (unpaired) electrons. The van der Waals surface area contributed by atoms with Crippen LogP contribution in [0.15, 0.2) is 29.6 Å². The average molecular weight is 377 g/mol. The number of amides is 2. The highest BCUT2D eigenvalue weighted by Crippen LogP contribution is 2.43. The first-order valence-electron chi connectivity index (χ1n) is 8.61. The van der Waals surface area contributed by atoms with Crippen molar-refractivity contribution in [1.82, 2.24) is 4.90 Å². The number of piperidine rings is 1. The van der Waals surface area contributed by atoms with E-state index in [1.54, 1.807) is 6.07 Å². The van der Waals surface area contributed by atoms with Crippen LogP contribution >= 0.6 is 22.9 Å². The lowest BCUT2D eigenvalue weighted by Gasteiger charge is -2.44. The van der Waals surface area contributed by atoms with Gasteiger partial charge in [-0.1, -0.05) is 23.7 Å². The van der Waals surface area contributed by atoms with E-state index in [4.69, 9.17) is 16.3 Å². The Bertz CT molecular complexity index is 776. The minimum Gasteiger partial charge on any atom is -0.370 e. The smallest absolute Gasteiger partial charge is 0.321 e. The number of fused-ring (bicyclic) bond motifs is 2. The number of hydrogen-bond acceptors (Lipinski definition) is 3. The topological polar surface area (TPSA) is 41.6 Å². The minimum absolute atomic E-state index is 0.0904. The highest BCUT2D eigenvalue weighted by Gasteiger charge is 2.42. The van der Waals surface area contributed by atoms with Crippen molar-refractivity contribution in [2.24, 2.45) is 0 Å². The first-order valence-corrected chi connectivity index (χ1v) is 9.87. The molecule has 1 saturated heterocycles. The van der Waals surface area contributed by atoms with Crippen LogP contribution in [0, 0.1) is 6.92 Å². The molecule has 0 bridgehead atoms. The summed E-state index contributed by atoms with van der Waals surface area (Å²) >= 11 is 8.04. The highest BCUT2D eigenvalue weighted by molar-refractivity contribution is 7.10. The fraction of sp³-hybridized carbons (Fsp3) is 0.421. The largest absolute Gasteiger partial charge is 0.370 e. The molecule has 0 atom stereocenters. The van der Waals surface area contributed by atoms with Gasteiger partial charge in [0.25, 0.3) is 0 Å². The fourth-order valence-corrected chi connectivity index (χ4v) is 5.04. The second-order valence-electron chi connectivity index (χ2n) is 6.70. The molecule has 6 heteroatoms. The van der Waals surface area contributed by atoms with E-state index < -0.39 is 0 Å². The lowest BCUT2D eigenvalue weighted by Crippen LogP contribution is -2.49. The van der Waals surface area contributed by atoms with Crippen molar-refractivity contribution in [1.29, 1.82) is 0 Å². The molecule has 25 heavy (non-hydrogen) atoms. The standard InChI is InChI=1S/C19H21ClN2O2S/c1-13-3-2-4-15(20)17(13)21-18(23)22-9-7-19(8-10-22)14-6-12-25-16(14)5-11-24-19/h2-4,6,12H,5,7-11H2,1H3,(H,21,23). The number of nitrogens with zero attached hydrogens (tertiary/aromatic N) is 1. The Labute approximate surface area is 156 Å². The van der Waals surface area contributed by atoms with Gasteiger partial charge in [0.2, 0.25) is 0 Å². The van der Waals surface area contributed by atoms with Gasteiger partial charge in [-0.3, -0.25) is 0 Å². The summed E-state index contributed by atoms with van der Waals surface area (Å²) in [6.07, 6.45) is 2.68. The zero-order chi connectivity index (χ0) is 17.4. The lowest BCUT2D eigenvalue weighted by atomic mass is 9.82. The molecule has 2 aromatic rings. The van der Waals surface area contributed by atoms with Crippen LogP contribution in [-0.4, -0.2) is 30.6 Å². The summed E-state index contributed by atoms with van der Waals surface area (Å²) in [6.45, 7) is 4.09. The monoisotopic (exact) mass is 376 g/mol. The lowest BCUT2D eigenvalue weighted by molar-refractivity contribution is -0.0912. The fourth-order valence-electron chi connectivity index (χ4n) is 3.82. The Balaban J connectivity index is 1.45. The van der Waals surface area contributed by atoms with Gasteiger partial charge >= 0.3 is 6.03 Å². The highest BCUT2D eigenvalue weighted by atomic mass is 35.5. The maximum absolute atomic E-state index is 12.7. The molecule has 4 rings (SSSR count). The van der Waals surface area contributed by atoms with Gasteiger partial charge in [-0.15, -0.1) is 11.3 Å². The Hall–Kier alpha value is -1.56. The number of nitrogens with one attached hydrogen (secondary N) is 1. The molecule has 2 aliphatic heterocycles. The first-order chi connectivity index (χ1) is 12.1. The number of rotatable bonds is 1. The maximum Gasteiger partial charge on any atom is 0.321 e. The van der Waals surface area contributed by atoms with E-state index >= 15 is 0 Å². The molecule has 1 fully saturated rings. The van der Waals surface area contributed by atoms with Crippen LogP contribution in [0.5, 0.6) is 0 Å². The van der Waals surface area contributed by atoms with Crippen LogP contribution in [0.3, 0.4) is 0 Å². The Kier molecular flexibility index (Phi) is 4.48. The summed E-state index contributed by atoms with van der Waals surface area (Å²) in [6, 6.07) is 7.73. The van der Waals surface area contributed by atoms with Crippen molar-refractivity contribution in [2.45, 2.75) is 31.8 Å². The van der Waals surface area contributed by atoms with Gasteiger partial charge < -0.3 is 15.0 Å². The van der Waals surface area contributed by atoms with E-state index in [0.29, 0.717) is 23.8 Å². The van der Waals surface area contributed by atoms with Crippen LogP contribution in [0.1, 0.15) is 28.8 Å². The van der Waals surface area contributed by atoms with Crippen molar-refractivity contribution < 1.29 is 9.53 Å². The van der Waals surface area contributed by atoms with E-state index in [9.17, 15) is 4.79 Å². The predicted molar refractivity (Wildman–Crippen MR) is 102 cm³/mol. The zero-order valence-electron chi connectivity index (χ0n) is 14.2. The number of halogens is 1. The molecular weight excluding hydrogens is 356 g/mol. The van der Waals surface area contributed by atoms with E-state index in [1.807, 2.05) is 35.3 Å². The zero-order valence-corrected chi connectivity index (χ0v) is 15.8. The summed E-state index contributed by atoms with van der Waals surface area (Å²) in [5, 5.41) is 5.69. The maximum atomic E-state index is 12.7. The minimum atomic E-state index is -0.204. The first kappa shape index (κ1) is 16.9. The van der Waals surface area contributed by atoms with Crippen LogP contribution in [0.2, 0.25) is 5.02 Å². The number of hydrogen-bond donors (Lipinski definition) is 1. The van der Waals surface area contributed by atoms with Crippen LogP contribution in [0.4, 0.5) is 10.5 Å². The SMILES string of the molecule is Cc1cccc(Cl)c1NC(=O)N1CCC2(CC1)OCCc1sccc12. The van der Waals surface area contributed by atoms with Crippen molar-refractivity contribution >= 4 is 34.7 Å². The second kappa shape index (κ2) is 6.63. The third kappa shape index (κ3) is 3.05. The number of thiophene rings is 1. The number of carbonyl (C=O) groups is 1. The number of urea groups is 1.